The first kappa shape index (κ1) is 16.8. The lowest BCUT2D eigenvalue weighted by Crippen LogP contribution is -2.52. The first-order chi connectivity index (χ1) is 12.1. The van der Waals surface area contributed by atoms with E-state index in [1.54, 1.807) is 47.3 Å². The molecule has 1 aliphatic heterocycles. The van der Waals surface area contributed by atoms with Crippen molar-refractivity contribution in [2.45, 2.75) is 0 Å². The van der Waals surface area contributed by atoms with E-state index < -0.39 is 0 Å². The van der Waals surface area contributed by atoms with Gasteiger partial charge in [0, 0.05) is 45.0 Å². The van der Waals surface area contributed by atoms with E-state index in [1.807, 2.05) is 18.2 Å². The van der Waals surface area contributed by atoms with Gasteiger partial charge in [-0.2, -0.15) is 0 Å². The van der Waals surface area contributed by atoms with Crippen LogP contribution in [0.2, 0.25) is 0 Å². The predicted molar refractivity (Wildman–Crippen MR) is 94.6 cm³/mol. The summed E-state index contributed by atoms with van der Waals surface area (Å²) in [7, 11) is 1.63. The molecule has 7 nitrogen and oxygen atoms in total. The Labute approximate surface area is 145 Å². The van der Waals surface area contributed by atoms with Crippen LogP contribution in [0.4, 0.5) is 10.5 Å². The number of anilines is 1. The molecule has 0 aliphatic carbocycles. The Kier molecular flexibility index (Phi) is 4.83. The normalized spacial score (nSPS) is 14.3. The Balaban J connectivity index is 1.58. The zero-order chi connectivity index (χ0) is 17.8. The molecule has 2 heterocycles. The lowest BCUT2D eigenvalue weighted by atomic mass is 10.2. The molecule has 3 amide bonds. The van der Waals surface area contributed by atoms with Gasteiger partial charge in [-0.3, -0.25) is 9.59 Å². The van der Waals surface area contributed by atoms with Gasteiger partial charge in [-0.1, -0.05) is 18.2 Å². The molecule has 0 saturated carbocycles. The maximum absolute atomic E-state index is 12.4. The van der Waals surface area contributed by atoms with E-state index in [0.717, 1.165) is 0 Å². The van der Waals surface area contributed by atoms with Crippen LogP contribution in [0.1, 0.15) is 10.4 Å². The van der Waals surface area contributed by atoms with E-state index in [2.05, 4.69) is 5.32 Å². The van der Waals surface area contributed by atoms with Crippen molar-refractivity contribution in [1.29, 1.82) is 0 Å². The fraction of sp³-hybridized carbons (Fsp3) is 0.278. The van der Waals surface area contributed by atoms with Crippen molar-refractivity contribution in [1.82, 2.24) is 14.4 Å². The standard InChI is InChI=1S/C18H20N4O3/c1-20-9-5-8-15(17(20)24)19-18(25)22-12-10-21(11-13-22)16(23)14-6-3-2-4-7-14/h2-9H,10-13H2,1H3,(H,19,25). The predicted octanol–water partition coefficient (Wildman–Crippen LogP) is 1.38. The van der Waals surface area contributed by atoms with Crippen LogP contribution in [-0.2, 0) is 7.05 Å². The van der Waals surface area contributed by atoms with Gasteiger partial charge in [0.25, 0.3) is 11.5 Å². The Bertz CT molecular complexity index is 824. The Morgan fingerprint density at radius 2 is 1.56 bits per heavy atom. The lowest BCUT2D eigenvalue weighted by molar-refractivity contribution is 0.0671. The first-order valence-electron chi connectivity index (χ1n) is 8.12. The maximum atomic E-state index is 12.4. The summed E-state index contributed by atoms with van der Waals surface area (Å²) in [4.78, 5) is 40.1. The van der Waals surface area contributed by atoms with Gasteiger partial charge in [-0.05, 0) is 24.3 Å². The fourth-order valence-corrected chi connectivity index (χ4v) is 2.76. The molecule has 0 atom stereocenters. The number of aryl methyl sites for hydroxylation is 1. The molecule has 2 aromatic rings. The van der Waals surface area contributed by atoms with Crippen LogP contribution in [0.25, 0.3) is 0 Å². The maximum Gasteiger partial charge on any atom is 0.322 e. The highest BCUT2D eigenvalue weighted by molar-refractivity contribution is 5.94. The van der Waals surface area contributed by atoms with E-state index in [-0.39, 0.29) is 23.2 Å². The molecule has 7 heteroatoms. The minimum absolute atomic E-state index is 0.0300. The molecule has 1 aromatic heterocycles. The van der Waals surface area contributed by atoms with Gasteiger partial charge >= 0.3 is 6.03 Å². The van der Waals surface area contributed by atoms with E-state index in [9.17, 15) is 14.4 Å². The third kappa shape index (κ3) is 3.71. The van der Waals surface area contributed by atoms with Gasteiger partial charge in [-0.25, -0.2) is 4.79 Å². The van der Waals surface area contributed by atoms with Crippen molar-refractivity contribution in [2.75, 3.05) is 31.5 Å². The van der Waals surface area contributed by atoms with Crippen molar-refractivity contribution in [3.05, 3.63) is 64.6 Å². The van der Waals surface area contributed by atoms with Crippen molar-refractivity contribution in [3.63, 3.8) is 0 Å². The zero-order valence-electron chi connectivity index (χ0n) is 14.0. The number of piperazine rings is 1. The van der Waals surface area contributed by atoms with Crippen molar-refractivity contribution < 1.29 is 9.59 Å². The number of benzene rings is 1. The van der Waals surface area contributed by atoms with Gasteiger partial charge in [-0.15, -0.1) is 0 Å². The van der Waals surface area contributed by atoms with Crippen molar-refractivity contribution >= 4 is 17.6 Å². The average Bonchev–Trinajstić information content (AvgIpc) is 2.65. The largest absolute Gasteiger partial charge is 0.335 e. The molecule has 130 valence electrons. The second-order valence-corrected chi connectivity index (χ2v) is 5.91. The second-order valence-electron chi connectivity index (χ2n) is 5.91. The minimum Gasteiger partial charge on any atom is -0.335 e. The molecule has 0 spiro atoms. The van der Waals surface area contributed by atoms with Crippen LogP contribution in [0, 0.1) is 0 Å². The molecule has 1 saturated heterocycles. The van der Waals surface area contributed by atoms with Crippen LogP contribution >= 0.6 is 0 Å². The SMILES string of the molecule is Cn1cccc(NC(=O)N2CCN(C(=O)c3ccccc3)CC2)c1=O. The van der Waals surface area contributed by atoms with Crippen LogP contribution < -0.4 is 10.9 Å². The van der Waals surface area contributed by atoms with Crippen LogP contribution in [0.5, 0.6) is 0 Å². The molecule has 0 bridgehead atoms. The molecule has 1 fully saturated rings. The van der Waals surface area contributed by atoms with Gasteiger partial charge in [0.15, 0.2) is 0 Å². The van der Waals surface area contributed by atoms with Crippen LogP contribution in [0.3, 0.4) is 0 Å². The molecule has 1 N–H and O–H groups in total. The zero-order valence-corrected chi connectivity index (χ0v) is 14.0. The number of amides is 3. The Hall–Kier alpha value is -3.09. The van der Waals surface area contributed by atoms with Gasteiger partial charge < -0.3 is 19.7 Å². The van der Waals surface area contributed by atoms with Gasteiger partial charge in [0.2, 0.25) is 0 Å². The van der Waals surface area contributed by atoms with Crippen LogP contribution in [0.15, 0.2) is 53.5 Å². The van der Waals surface area contributed by atoms with Crippen LogP contribution in [-0.4, -0.2) is 52.5 Å². The summed E-state index contributed by atoms with van der Waals surface area (Å²) in [6, 6.07) is 12.1. The molecule has 0 unspecified atom stereocenters. The highest BCUT2D eigenvalue weighted by Gasteiger charge is 2.25. The number of nitrogens with one attached hydrogen (secondary N) is 1. The summed E-state index contributed by atoms with van der Waals surface area (Å²) < 4.78 is 1.41. The Morgan fingerprint density at radius 1 is 0.920 bits per heavy atom. The molecule has 1 aliphatic rings. The quantitative estimate of drug-likeness (QED) is 0.897. The number of rotatable bonds is 2. The topological polar surface area (TPSA) is 74.7 Å². The summed E-state index contributed by atoms with van der Waals surface area (Å²) in [6.45, 7) is 1.79. The number of hydrogen-bond acceptors (Lipinski definition) is 3. The highest BCUT2D eigenvalue weighted by Crippen LogP contribution is 2.10. The number of hydrogen-bond donors (Lipinski definition) is 1. The summed E-state index contributed by atoms with van der Waals surface area (Å²) in [6.07, 6.45) is 1.63. The average molecular weight is 340 g/mol. The molecule has 0 radical (unpaired) electrons. The number of urea groups is 1. The number of carbonyl (C=O) groups excluding carboxylic acids is 2. The molecule has 3 rings (SSSR count). The second kappa shape index (κ2) is 7.21. The van der Waals surface area contributed by atoms with Gasteiger partial charge in [0.05, 0.1) is 0 Å². The van der Waals surface area contributed by atoms with E-state index in [1.165, 1.54) is 4.57 Å². The fourth-order valence-electron chi connectivity index (χ4n) is 2.76. The molecule has 25 heavy (non-hydrogen) atoms. The third-order valence-corrected chi connectivity index (χ3v) is 4.24. The summed E-state index contributed by atoms with van der Waals surface area (Å²) in [5, 5.41) is 2.65. The number of aromatic nitrogens is 1. The smallest absolute Gasteiger partial charge is 0.322 e. The minimum atomic E-state index is -0.324. The summed E-state index contributed by atoms with van der Waals surface area (Å²) >= 11 is 0. The number of carbonyl (C=O) groups is 2. The number of nitrogens with zero attached hydrogens (tertiary/aromatic N) is 3. The third-order valence-electron chi connectivity index (χ3n) is 4.24. The Morgan fingerprint density at radius 3 is 2.24 bits per heavy atom. The summed E-state index contributed by atoms with van der Waals surface area (Å²) in [5.74, 6) is -0.0300. The van der Waals surface area contributed by atoms with E-state index >= 15 is 0 Å². The monoisotopic (exact) mass is 340 g/mol. The summed E-state index contributed by atoms with van der Waals surface area (Å²) in [5.41, 5.74) is 0.639. The van der Waals surface area contributed by atoms with E-state index in [0.29, 0.717) is 31.7 Å². The van der Waals surface area contributed by atoms with Crippen molar-refractivity contribution in [2.24, 2.45) is 7.05 Å². The van der Waals surface area contributed by atoms with E-state index in [4.69, 9.17) is 0 Å². The lowest BCUT2D eigenvalue weighted by Gasteiger charge is -2.34. The van der Waals surface area contributed by atoms with Gasteiger partial charge in [0.1, 0.15) is 5.69 Å². The van der Waals surface area contributed by atoms with Crippen molar-refractivity contribution in [3.8, 4) is 0 Å². The molecular weight excluding hydrogens is 320 g/mol. The molecular formula is C18H20N4O3. The highest BCUT2D eigenvalue weighted by atomic mass is 16.2. The first-order valence-corrected chi connectivity index (χ1v) is 8.12. The number of pyridine rings is 1. The molecule has 1 aromatic carbocycles.